The van der Waals surface area contributed by atoms with E-state index in [4.69, 9.17) is 19.1 Å². The van der Waals surface area contributed by atoms with Crippen molar-refractivity contribution < 1.29 is 9.15 Å². The second kappa shape index (κ2) is 5.56. The molecule has 4 aromatic rings. The molecule has 0 bridgehead atoms. The third-order valence-corrected chi connectivity index (χ3v) is 4.52. The standard InChI is InChI=1S/C18H17N5O2/c1-22-11-19-13-15(22)14-18(21-16(13)23-7-9-24-10-8-23)25-17(20-14)12-5-3-2-4-6-12/h2-6,11H,7-10H2,1H3. The summed E-state index contributed by atoms with van der Waals surface area (Å²) >= 11 is 0. The first-order valence-electron chi connectivity index (χ1n) is 8.31. The summed E-state index contributed by atoms with van der Waals surface area (Å²) in [5, 5.41) is 0. The summed E-state index contributed by atoms with van der Waals surface area (Å²) in [5.74, 6) is 1.41. The van der Waals surface area contributed by atoms with Crippen LogP contribution < -0.4 is 4.90 Å². The van der Waals surface area contributed by atoms with Gasteiger partial charge in [-0.3, -0.25) is 0 Å². The maximum Gasteiger partial charge on any atom is 0.251 e. The summed E-state index contributed by atoms with van der Waals surface area (Å²) in [6.07, 6.45) is 1.80. The van der Waals surface area contributed by atoms with Gasteiger partial charge in [0, 0.05) is 25.7 Å². The largest absolute Gasteiger partial charge is 0.418 e. The molecule has 0 unspecified atom stereocenters. The Bertz CT molecular complexity index is 1050. The summed E-state index contributed by atoms with van der Waals surface area (Å²) in [6.45, 7) is 2.98. The minimum absolute atomic E-state index is 0.538. The molecule has 0 N–H and O–H groups in total. The molecule has 0 atom stereocenters. The number of hydrogen-bond donors (Lipinski definition) is 0. The Balaban J connectivity index is 1.75. The van der Waals surface area contributed by atoms with E-state index in [2.05, 4.69) is 9.88 Å². The van der Waals surface area contributed by atoms with Gasteiger partial charge in [-0.05, 0) is 12.1 Å². The maximum atomic E-state index is 6.00. The van der Waals surface area contributed by atoms with Crippen LogP contribution >= 0.6 is 0 Å². The number of aromatic nitrogens is 4. The lowest BCUT2D eigenvalue weighted by Crippen LogP contribution is -2.36. The highest BCUT2D eigenvalue weighted by Crippen LogP contribution is 2.33. The van der Waals surface area contributed by atoms with E-state index >= 15 is 0 Å². The molecule has 1 aliphatic rings. The van der Waals surface area contributed by atoms with Gasteiger partial charge in [0.25, 0.3) is 5.71 Å². The fourth-order valence-corrected chi connectivity index (χ4v) is 3.26. The van der Waals surface area contributed by atoms with Crippen LogP contribution in [0.5, 0.6) is 0 Å². The topological polar surface area (TPSA) is 69.2 Å². The molecule has 126 valence electrons. The van der Waals surface area contributed by atoms with E-state index in [1.165, 1.54) is 0 Å². The van der Waals surface area contributed by atoms with E-state index in [9.17, 15) is 0 Å². The van der Waals surface area contributed by atoms with Crippen LogP contribution in [-0.2, 0) is 11.8 Å². The van der Waals surface area contributed by atoms with Crippen LogP contribution in [0, 0.1) is 0 Å². The first kappa shape index (κ1) is 14.4. The monoisotopic (exact) mass is 335 g/mol. The molecule has 1 saturated heterocycles. The minimum Gasteiger partial charge on any atom is -0.418 e. The maximum absolute atomic E-state index is 6.00. The molecule has 1 fully saturated rings. The first-order chi connectivity index (χ1) is 12.3. The Labute approximate surface area is 143 Å². The van der Waals surface area contributed by atoms with E-state index in [1.807, 2.05) is 41.9 Å². The van der Waals surface area contributed by atoms with Crippen LogP contribution in [0.25, 0.3) is 33.7 Å². The van der Waals surface area contributed by atoms with Gasteiger partial charge in [0.05, 0.1) is 19.5 Å². The normalized spacial score (nSPS) is 15.3. The van der Waals surface area contributed by atoms with E-state index in [-0.39, 0.29) is 0 Å². The number of rotatable bonds is 2. The SMILES string of the molecule is Cn1cnc2c(N3CCOCC3)nc3oc(-c4ccccc4)nc3c21. The van der Waals surface area contributed by atoms with Gasteiger partial charge in [0.2, 0.25) is 5.89 Å². The molecule has 0 radical (unpaired) electrons. The quantitative estimate of drug-likeness (QED) is 0.561. The van der Waals surface area contributed by atoms with Crippen molar-refractivity contribution in [2.45, 2.75) is 0 Å². The third kappa shape index (κ3) is 2.27. The Hall–Kier alpha value is -2.93. The van der Waals surface area contributed by atoms with Crippen LogP contribution in [-0.4, -0.2) is 45.8 Å². The number of hydrogen-bond acceptors (Lipinski definition) is 6. The average molecular weight is 335 g/mol. The van der Waals surface area contributed by atoms with Crippen molar-refractivity contribution in [1.82, 2.24) is 19.5 Å². The zero-order valence-electron chi connectivity index (χ0n) is 13.8. The van der Waals surface area contributed by atoms with Gasteiger partial charge in [-0.1, -0.05) is 18.2 Å². The van der Waals surface area contributed by atoms with Crippen molar-refractivity contribution in [2.75, 3.05) is 31.2 Å². The Morgan fingerprint density at radius 1 is 1.00 bits per heavy atom. The summed E-state index contributed by atoms with van der Waals surface area (Å²) in [7, 11) is 1.97. The average Bonchev–Trinajstić information content (AvgIpc) is 3.26. The Morgan fingerprint density at radius 3 is 2.60 bits per heavy atom. The fourth-order valence-electron chi connectivity index (χ4n) is 3.26. The van der Waals surface area contributed by atoms with Gasteiger partial charge in [-0.15, -0.1) is 0 Å². The van der Waals surface area contributed by atoms with E-state index in [0.29, 0.717) is 24.8 Å². The molecule has 5 rings (SSSR count). The zero-order valence-corrected chi connectivity index (χ0v) is 13.8. The molecule has 1 aliphatic heterocycles. The number of morpholine rings is 1. The molecule has 7 nitrogen and oxygen atoms in total. The van der Waals surface area contributed by atoms with Crippen LogP contribution in [0.1, 0.15) is 0 Å². The highest BCUT2D eigenvalue weighted by Gasteiger charge is 2.23. The molecule has 1 aromatic carbocycles. The lowest BCUT2D eigenvalue weighted by molar-refractivity contribution is 0.122. The molecule has 7 heteroatoms. The van der Waals surface area contributed by atoms with E-state index < -0.39 is 0 Å². The molecule has 0 aliphatic carbocycles. The van der Waals surface area contributed by atoms with E-state index in [1.54, 1.807) is 6.33 Å². The van der Waals surface area contributed by atoms with E-state index in [0.717, 1.165) is 41.0 Å². The molecule has 3 aromatic heterocycles. The van der Waals surface area contributed by atoms with Crippen molar-refractivity contribution >= 4 is 28.1 Å². The van der Waals surface area contributed by atoms with Crippen molar-refractivity contribution in [2.24, 2.45) is 7.05 Å². The predicted octanol–water partition coefficient (Wildman–Crippen LogP) is 2.61. The number of aryl methyl sites for hydroxylation is 1. The number of benzene rings is 1. The molecule has 4 heterocycles. The van der Waals surface area contributed by atoms with Gasteiger partial charge < -0.3 is 18.6 Å². The van der Waals surface area contributed by atoms with Gasteiger partial charge in [0.15, 0.2) is 11.3 Å². The number of oxazole rings is 1. The number of fused-ring (bicyclic) bond motifs is 3. The van der Waals surface area contributed by atoms with Crippen molar-refractivity contribution in [3.8, 4) is 11.5 Å². The molecule has 0 saturated carbocycles. The number of pyridine rings is 1. The number of imidazole rings is 1. The van der Waals surface area contributed by atoms with Crippen LogP contribution in [0.3, 0.4) is 0 Å². The van der Waals surface area contributed by atoms with Gasteiger partial charge in [-0.25, -0.2) is 9.97 Å². The predicted molar refractivity (Wildman–Crippen MR) is 94.5 cm³/mol. The summed E-state index contributed by atoms with van der Waals surface area (Å²) < 4.78 is 13.4. The van der Waals surface area contributed by atoms with Crippen LogP contribution in [0.4, 0.5) is 5.82 Å². The van der Waals surface area contributed by atoms with Crippen molar-refractivity contribution in [1.29, 1.82) is 0 Å². The van der Waals surface area contributed by atoms with Gasteiger partial charge in [0.1, 0.15) is 11.0 Å². The molecule has 0 spiro atoms. The number of ether oxygens (including phenoxy) is 1. The summed E-state index contributed by atoms with van der Waals surface area (Å²) in [5.41, 5.74) is 4.01. The van der Waals surface area contributed by atoms with Crippen LogP contribution in [0.2, 0.25) is 0 Å². The smallest absolute Gasteiger partial charge is 0.251 e. The fraction of sp³-hybridized carbons (Fsp3) is 0.278. The number of anilines is 1. The molecule has 25 heavy (non-hydrogen) atoms. The van der Waals surface area contributed by atoms with Gasteiger partial charge in [-0.2, -0.15) is 4.98 Å². The second-order valence-corrected chi connectivity index (χ2v) is 6.13. The summed E-state index contributed by atoms with van der Waals surface area (Å²) in [6, 6.07) is 9.87. The highest BCUT2D eigenvalue weighted by atomic mass is 16.5. The van der Waals surface area contributed by atoms with Crippen molar-refractivity contribution in [3.05, 3.63) is 36.7 Å². The first-order valence-corrected chi connectivity index (χ1v) is 8.31. The second-order valence-electron chi connectivity index (χ2n) is 6.13. The summed E-state index contributed by atoms with van der Waals surface area (Å²) in [4.78, 5) is 16.2. The molecular formula is C18H17N5O2. The third-order valence-electron chi connectivity index (χ3n) is 4.52. The number of nitrogens with zero attached hydrogens (tertiary/aromatic N) is 5. The van der Waals surface area contributed by atoms with Crippen molar-refractivity contribution in [3.63, 3.8) is 0 Å². The van der Waals surface area contributed by atoms with Gasteiger partial charge >= 0.3 is 0 Å². The minimum atomic E-state index is 0.538. The lowest BCUT2D eigenvalue weighted by atomic mass is 10.2. The lowest BCUT2D eigenvalue weighted by Gasteiger charge is -2.27. The highest BCUT2D eigenvalue weighted by molar-refractivity contribution is 6.03. The Morgan fingerprint density at radius 2 is 1.80 bits per heavy atom. The Kier molecular flexibility index (Phi) is 3.21. The zero-order chi connectivity index (χ0) is 16.8. The van der Waals surface area contributed by atoms with Crippen LogP contribution in [0.15, 0.2) is 41.1 Å². The molecular weight excluding hydrogens is 318 g/mol. The molecule has 0 amide bonds.